The van der Waals surface area contributed by atoms with Gasteiger partial charge in [-0.3, -0.25) is 4.79 Å². The quantitative estimate of drug-likeness (QED) is 0.892. The Morgan fingerprint density at radius 1 is 1.30 bits per heavy atom. The molecule has 4 heterocycles. The van der Waals surface area contributed by atoms with Gasteiger partial charge in [0.2, 0.25) is 0 Å². The Labute approximate surface area is 136 Å². The molecule has 1 N–H and O–H groups in total. The summed E-state index contributed by atoms with van der Waals surface area (Å²) in [4.78, 5) is 24.2. The summed E-state index contributed by atoms with van der Waals surface area (Å²) in [6.45, 7) is 3.31. The molecule has 23 heavy (non-hydrogen) atoms. The van der Waals surface area contributed by atoms with Crippen molar-refractivity contribution >= 4 is 5.91 Å². The number of fused-ring (bicyclic) bond motifs is 1. The summed E-state index contributed by atoms with van der Waals surface area (Å²) in [7, 11) is 0. The fourth-order valence-electron chi connectivity index (χ4n) is 3.83. The standard InChI is InChI=1S/C17H24N4O2/c22-17(15-5-3-9-23-15)21-8-2-1-4-14(21)16-19-11-12-10-18-7-6-13(12)20-16/h11,14-15,18H,1-10H2. The number of likely N-dealkylation sites (tertiary alicyclic amines) is 1. The van der Waals surface area contributed by atoms with Gasteiger partial charge in [0.1, 0.15) is 6.10 Å². The molecule has 0 aliphatic carbocycles. The predicted molar refractivity (Wildman–Crippen MR) is 84.7 cm³/mol. The predicted octanol–water partition coefficient (Wildman–Crippen LogP) is 1.35. The maximum atomic E-state index is 12.8. The van der Waals surface area contributed by atoms with E-state index in [1.54, 1.807) is 0 Å². The zero-order chi connectivity index (χ0) is 15.6. The Kier molecular flexibility index (Phi) is 4.27. The van der Waals surface area contributed by atoms with Crippen molar-refractivity contribution in [3.63, 3.8) is 0 Å². The van der Waals surface area contributed by atoms with Gasteiger partial charge in [0.15, 0.2) is 5.82 Å². The number of piperidine rings is 1. The Hall–Kier alpha value is -1.53. The Bertz CT molecular complexity index is 586. The van der Waals surface area contributed by atoms with Crippen LogP contribution in [0.4, 0.5) is 0 Å². The van der Waals surface area contributed by atoms with E-state index in [4.69, 9.17) is 9.72 Å². The fraction of sp³-hybridized carbons (Fsp3) is 0.706. The van der Waals surface area contributed by atoms with Crippen LogP contribution >= 0.6 is 0 Å². The molecular formula is C17H24N4O2. The lowest BCUT2D eigenvalue weighted by atomic mass is 9.99. The van der Waals surface area contributed by atoms with Gasteiger partial charge in [-0.25, -0.2) is 9.97 Å². The highest BCUT2D eigenvalue weighted by Gasteiger charge is 2.35. The van der Waals surface area contributed by atoms with Gasteiger partial charge in [0.25, 0.3) is 5.91 Å². The highest BCUT2D eigenvalue weighted by molar-refractivity contribution is 5.81. The number of nitrogens with one attached hydrogen (secondary N) is 1. The van der Waals surface area contributed by atoms with Crippen LogP contribution in [-0.2, 0) is 22.5 Å². The molecule has 2 saturated heterocycles. The van der Waals surface area contributed by atoms with Gasteiger partial charge < -0.3 is 15.0 Å². The number of ether oxygens (including phenoxy) is 1. The van der Waals surface area contributed by atoms with Crippen molar-refractivity contribution in [2.75, 3.05) is 19.7 Å². The molecule has 0 aromatic carbocycles. The third-order valence-corrected chi connectivity index (χ3v) is 5.12. The number of hydrogen-bond acceptors (Lipinski definition) is 5. The number of carbonyl (C=O) groups is 1. The van der Waals surface area contributed by atoms with Gasteiger partial charge in [-0.05, 0) is 32.1 Å². The zero-order valence-electron chi connectivity index (χ0n) is 13.5. The van der Waals surface area contributed by atoms with E-state index in [9.17, 15) is 4.79 Å². The molecule has 3 aliphatic heterocycles. The summed E-state index contributed by atoms with van der Waals surface area (Å²) in [5.74, 6) is 0.951. The summed E-state index contributed by atoms with van der Waals surface area (Å²) >= 11 is 0. The molecule has 0 radical (unpaired) electrons. The second-order valence-electron chi connectivity index (χ2n) is 6.67. The molecule has 2 unspecified atom stereocenters. The van der Waals surface area contributed by atoms with E-state index >= 15 is 0 Å². The minimum absolute atomic E-state index is 0.0145. The fourth-order valence-corrected chi connectivity index (χ4v) is 3.83. The largest absolute Gasteiger partial charge is 0.368 e. The molecule has 6 nitrogen and oxygen atoms in total. The summed E-state index contributed by atoms with van der Waals surface area (Å²) in [6, 6.07) is 0.0145. The SMILES string of the molecule is O=C(C1CCCO1)N1CCCCC1c1ncc2c(n1)CCNC2. The summed E-state index contributed by atoms with van der Waals surface area (Å²) < 4.78 is 5.60. The van der Waals surface area contributed by atoms with Crippen LogP contribution in [0.1, 0.15) is 55.2 Å². The second-order valence-corrected chi connectivity index (χ2v) is 6.67. The first-order valence-corrected chi connectivity index (χ1v) is 8.80. The molecule has 6 heteroatoms. The first kappa shape index (κ1) is 15.0. The topological polar surface area (TPSA) is 67.3 Å². The summed E-state index contributed by atoms with van der Waals surface area (Å²) in [5, 5.41) is 3.34. The smallest absolute Gasteiger partial charge is 0.252 e. The van der Waals surface area contributed by atoms with Gasteiger partial charge in [-0.1, -0.05) is 0 Å². The molecule has 0 saturated carbocycles. The molecule has 2 atom stereocenters. The number of hydrogen-bond donors (Lipinski definition) is 1. The van der Waals surface area contributed by atoms with Crippen LogP contribution < -0.4 is 5.32 Å². The lowest BCUT2D eigenvalue weighted by Crippen LogP contribution is -2.44. The van der Waals surface area contributed by atoms with Crippen LogP contribution in [0.25, 0.3) is 0 Å². The van der Waals surface area contributed by atoms with Crippen molar-refractivity contribution in [2.45, 2.75) is 57.2 Å². The van der Waals surface area contributed by atoms with Gasteiger partial charge in [0.05, 0.1) is 6.04 Å². The van der Waals surface area contributed by atoms with Gasteiger partial charge in [-0.2, -0.15) is 0 Å². The first-order chi connectivity index (χ1) is 11.3. The Morgan fingerprint density at radius 3 is 3.13 bits per heavy atom. The molecule has 1 amide bonds. The van der Waals surface area contributed by atoms with Crippen LogP contribution in [0.2, 0.25) is 0 Å². The maximum Gasteiger partial charge on any atom is 0.252 e. The average molecular weight is 316 g/mol. The van der Waals surface area contributed by atoms with E-state index in [0.717, 1.165) is 69.7 Å². The molecule has 3 aliphatic rings. The number of nitrogens with zero attached hydrogens (tertiary/aromatic N) is 3. The van der Waals surface area contributed by atoms with Crippen LogP contribution in [-0.4, -0.2) is 46.6 Å². The third kappa shape index (κ3) is 2.97. The highest BCUT2D eigenvalue weighted by atomic mass is 16.5. The first-order valence-electron chi connectivity index (χ1n) is 8.80. The lowest BCUT2D eigenvalue weighted by Gasteiger charge is -2.36. The van der Waals surface area contributed by atoms with Crippen molar-refractivity contribution in [3.05, 3.63) is 23.3 Å². The average Bonchev–Trinajstić information content (AvgIpc) is 3.15. The van der Waals surface area contributed by atoms with Crippen LogP contribution in [0.5, 0.6) is 0 Å². The van der Waals surface area contributed by atoms with Crippen molar-refractivity contribution in [1.29, 1.82) is 0 Å². The molecule has 2 fully saturated rings. The van der Waals surface area contributed by atoms with Crippen LogP contribution in [0.15, 0.2) is 6.20 Å². The normalized spacial score (nSPS) is 27.7. The van der Waals surface area contributed by atoms with Crippen molar-refractivity contribution in [1.82, 2.24) is 20.2 Å². The number of carbonyl (C=O) groups excluding carboxylic acids is 1. The molecule has 1 aromatic rings. The molecule has 1 aromatic heterocycles. The second kappa shape index (κ2) is 6.53. The maximum absolute atomic E-state index is 12.8. The zero-order valence-corrected chi connectivity index (χ0v) is 13.5. The minimum atomic E-state index is -0.252. The highest BCUT2D eigenvalue weighted by Crippen LogP contribution is 2.31. The van der Waals surface area contributed by atoms with E-state index in [1.807, 2.05) is 11.1 Å². The number of amides is 1. The van der Waals surface area contributed by atoms with E-state index < -0.39 is 0 Å². The molecule has 0 bridgehead atoms. The van der Waals surface area contributed by atoms with E-state index in [0.29, 0.717) is 6.61 Å². The van der Waals surface area contributed by atoms with Crippen molar-refractivity contribution in [3.8, 4) is 0 Å². The summed E-state index contributed by atoms with van der Waals surface area (Å²) in [6.07, 6.45) is 7.60. The Balaban J connectivity index is 1.58. The minimum Gasteiger partial charge on any atom is -0.368 e. The van der Waals surface area contributed by atoms with E-state index in [-0.39, 0.29) is 18.1 Å². The molecule has 0 spiro atoms. The number of aromatic nitrogens is 2. The van der Waals surface area contributed by atoms with Gasteiger partial charge >= 0.3 is 0 Å². The van der Waals surface area contributed by atoms with Crippen molar-refractivity contribution in [2.24, 2.45) is 0 Å². The third-order valence-electron chi connectivity index (χ3n) is 5.12. The number of rotatable bonds is 2. The monoisotopic (exact) mass is 316 g/mol. The van der Waals surface area contributed by atoms with Crippen LogP contribution in [0, 0.1) is 0 Å². The van der Waals surface area contributed by atoms with Crippen LogP contribution in [0.3, 0.4) is 0 Å². The van der Waals surface area contributed by atoms with E-state index in [1.165, 1.54) is 5.56 Å². The lowest BCUT2D eigenvalue weighted by molar-refractivity contribution is -0.145. The van der Waals surface area contributed by atoms with Crippen molar-refractivity contribution < 1.29 is 9.53 Å². The molecular weight excluding hydrogens is 292 g/mol. The van der Waals surface area contributed by atoms with E-state index in [2.05, 4.69) is 10.3 Å². The summed E-state index contributed by atoms with van der Waals surface area (Å²) in [5.41, 5.74) is 2.33. The van der Waals surface area contributed by atoms with Gasteiger partial charge in [-0.15, -0.1) is 0 Å². The van der Waals surface area contributed by atoms with Gasteiger partial charge in [0, 0.05) is 50.1 Å². The molecule has 4 rings (SSSR count). The molecule has 124 valence electrons. The Morgan fingerprint density at radius 2 is 2.26 bits per heavy atom.